The molecule has 2 rings (SSSR count). The minimum atomic E-state index is -0.934. The number of nitrogens with zero attached hydrogens (tertiary/aromatic N) is 1. The van der Waals surface area contributed by atoms with Crippen molar-refractivity contribution in [2.45, 2.75) is 13.0 Å². The maximum atomic E-state index is 11.3. The summed E-state index contributed by atoms with van der Waals surface area (Å²) in [6, 6.07) is 5.02. The lowest BCUT2D eigenvalue weighted by Crippen LogP contribution is -2.28. The number of benzene rings is 1. The van der Waals surface area contributed by atoms with E-state index in [0.29, 0.717) is 19.5 Å². The van der Waals surface area contributed by atoms with Gasteiger partial charge in [-0.25, -0.2) is 4.79 Å². The topological polar surface area (TPSA) is 69.6 Å². The minimum absolute atomic E-state index is 0.0859. The molecule has 1 fully saturated rings. The Labute approximate surface area is 119 Å². The normalized spacial score (nSPS) is 16.8. The van der Waals surface area contributed by atoms with E-state index in [2.05, 4.69) is 26.1 Å². The highest BCUT2D eigenvalue weighted by Crippen LogP contribution is 2.20. The third-order valence-corrected chi connectivity index (χ3v) is 3.84. The van der Waals surface area contributed by atoms with Gasteiger partial charge in [-0.2, -0.15) is 0 Å². The summed E-state index contributed by atoms with van der Waals surface area (Å²) in [5.41, 5.74) is 1.29. The molecule has 0 saturated carbocycles. The van der Waals surface area contributed by atoms with Crippen LogP contribution in [0.4, 0.5) is 0 Å². The largest absolute Gasteiger partial charge is 0.478 e. The first-order chi connectivity index (χ1) is 9.06. The van der Waals surface area contributed by atoms with Crippen LogP contribution in [0.1, 0.15) is 22.3 Å². The molecular formula is C13H15BrN2O3. The highest BCUT2D eigenvalue weighted by molar-refractivity contribution is 9.10. The summed E-state index contributed by atoms with van der Waals surface area (Å²) in [5, 5.41) is 11.7. The Hall–Kier alpha value is -1.40. The Kier molecular flexibility index (Phi) is 4.55. The van der Waals surface area contributed by atoms with E-state index in [4.69, 9.17) is 5.11 Å². The van der Waals surface area contributed by atoms with E-state index in [9.17, 15) is 9.59 Å². The van der Waals surface area contributed by atoms with Crippen molar-refractivity contribution in [1.82, 2.24) is 10.2 Å². The zero-order valence-electron chi connectivity index (χ0n) is 10.4. The quantitative estimate of drug-likeness (QED) is 0.882. The van der Waals surface area contributed by atoms with Crippen LogP contribution in [0, 0.1) is 0 Å². The van der Waals surface area contributed by atoms with Crippen molar-refractivity contribution in [1.29, 1.82) is 0 Å². The first-order valence-electron chi connectivity index (χ1n) is 6.07. The molecule has 0 aliphatic carbocycles. The molecule has 0 unspecified atom stereocenters. The van der Waals surface area contributed by atoms with Crippen molar-refractivity contribution in [3.63, 3.8) is 0 Å². The Balaban J connectivity index is 2.06. The van der Waals surface area contributed by atoms with Crippen LogP contribution in [0.3, 0.4) is 0 Å². The number of carboxylic acids is 1. The molecule has 1 aliphatic rings. The monoisotopic (exact) mass is 326 g/mol. The predicted octanol–water partition coefficient (Wildman–Crippen LogP) is 1.47. The van der Waals surface area contributed by atoms with Gasteiger partial charge in [0.05, 0.1) is 5.56 Å². The number of rotatable bonds is 3. The van der Waals surface area contributed by atoms with Crippen LogP contribution in [0.25, 0.3) is 0 Å². The molecule has 5 nitrogen and oxygen atoms in total. The highest BCUT2D eigenvalue weighted by atomic mass is 79.9. The summed E-state index contributed by atoms with van der Waals surface area (Å²) in [4.78, 5) is 24.3. The average molecular weight is 327 g/mol. The smallest absolute Gasteiger partial charge is 0.335 e. The molecule has 1 heterocycles. The van der Waals surface area contributed by atoms with Gasteiger partial charge in [0.1, 0.15) is 0 Å². The van der Waals surface area contributed by atoms with Crippen LogP contribution in [0.2, 0.25) is 0 Å². The molecule has 2 N–H and O–H groups in total. The average Bonchev–Trinajstić information content (AvgIpc) is 2.57. The van der Waals surface area contributed by atoms with E-state index in [0.717, 1.165) is 23.1 Å². The highest BCUT2D eigenvalue weighted by Gasteiger charge is 2.15. The number of amides is 1. The predicted molar refractivity (Wildman–Crippen MR) is 74.0 cm³/mol. The molecule has 19 heavy (non-hydrogen) atoms. The Morgan fingerprint density at radius 2 is 2.21 bits per heavy atom. The van der Waals surface area contributed by atoms with E-state index in [-0.39, 0.29) is 11.5 Å². The SMILES string of the molecule is O=C1CCN(Cc2ccc(C(=O)O)cc2Br)CCN1. The molecule has 1 amide bonds. The van der Waals surface area contributed by atoms with Crippen molar-refractivity contribution < 1.29 is 14.7 Å². The zero-order valence-corrected chi connectivity index (χ0v) is 11.9. The third kappa shape index (κ3) is 3.78. The fourth-order valence-corrected chi connectivity index (χ4v) is 2.53. The van der Waals surface area contributed by atoms with E-state index >= 15 is 0 Å². The van der Waals surface area contributed by atoms with Crippen molar-refractivity contribution in [2.24, 2.45) is 0 Å². The maximum absolute atomic E-state index is 11.3. The van der Waals surface area contributed by atoms with Crippen LogP contribution >= 0.6 is 15.9 Å². The van der Waals surface area contributed by atoms with Crippen LogP contribution < -0.4 is 5.32 Å². The third-order valence-electron chi connectivity index (χ3n) is 3.10. The van der Waals surface area contributed by atoms with Crippen LogP contribution in [0.5, 0.6) is 0 Å². The number of carboxylic acid groups (broad SMARTS) is 1. The van der Waals surface area contributed by atoms with Crippen LogP contribution in [-0.2, 0) is 11.3 Å². The number of aromatic carboxylic acids is 1. The second kappa shape index (κ2) is 6.16. The summed E-state index contributed by atoms with van der Waals surface area (Å²) in [6.07, 6.45) is 0.505. The number of hydrogen-bond donors (Lipinski definition) is 2. The van der Waals surface area contributed by atoms with Crippen LogP contribution in [-0.4, -0.2) is 41.5 Å². The molecule has 6 heteroatoms. The second-order valence-electron chi connectivity index (χ2n) is 4.49. The van der Waals surface area contributed by atoms with E-state index in [1.807, 2.05) is 6.07 Å². The Bertz CT molecular complexity index is 505. The fraction of sp³-hybridized carbons (Fsp3) is 0.385. The van der Waals surface area contributed by atoms with Gasteiger partial charge in [0.15, 0.2) is 0 Å². The lowest BCUT2D eigenvalue weighted by Gasteiger charge is -2.19. The standard InChI is InChI=1S/C13H15BrN2O3/c14-11-7-9(13(18)19)1-2-10(11)8-16-5-3-12(17)15-4-6-16/h1-2,7H,3-6,8H2,(H,15,17)(H,18,19). The van der Waals surface area contributed by atoms with Crippen molar-refractivity contribution in [3.05, 3.63) is 33.8 Å². The molecule has 0 aromatic heterocycles. The fourth-order valence-electron chi connectivity index (χ4n) is 2.02. The molecule has 1 aliphatic heterocycles. The van der Waals surface area contributed by atoms with Crippen LogP contribution in [0.15, 0.2) is 22.7 Å². The summed E-state index contributed by atoms with van der Waals surface area (Å²) in [5.74, 6) is -0.848. The molecule has 0 bridgehead atoms. The van der Waals surface area contributed by atoms with Gasteiger partial charge in [0.25, 0.3) is 0 Å². The van der Waals surface area contributed by atoms with E-state index in [1.165, 1.54) is 0 Å². The molecule has 0 spiro atoms. The molecule has 102 valence electrons. The van der Waals surface area contributed by atoms with E-state index in [1.54, 1.807) is 12.1 Å². The molecule has 0 atom stereocenters. The Morgan fingerprint density at radius 1 is 1.42 bits per heavy atom. The molecule has 1 aromatic rings. The number of halogens is 1. The lowest BCUT2D eigenvalue weighted by atomic mass is 10.1. The minimum Gasteiger partial charge on any atom is -0.478 e. The van der Waals surface area contributed by atoms with E-state index < -0.39 is 5.97 Å². The molecular weight excluding hydrogens is 312 g/mol. The summed E-state index contributed by atoms with van der Waals surface area (Å²) in [6.45, 7) is 2.89. The van der Waals surface area contributed by atoms with Gasteiger partial charge in [-0.05, 0) is 17.7 Å². The van der Waals surface area contributed by atoms with Gasteiger partial charge >= 0.3 is 5.97 Å². The number of carbonyl (C=O) groups is 2. The maximum Gasteiger partial charge on any atom is 0.335 e. The van der Waals surface area contributed by atoms with Gasteiger partial charge in [-0.3, -0.25) is 9.69 Å². The van der Waals surface area contributed by atoms with Crippen molar-refractivity contribution >= 4 is 27.8 Å². The van der Waals surface area contributed by atoms with Gasteiger partial charge in [0.2, 0.25) is 5.91 Å². The van der Waals surface area contributed by atoms with Gasteiger partial charge in [0, 0.05) is 37.1 Å². The summed E-state index contributed by atoms with van der Waals surface area (Å²) >= 11 is 3.40. The van der Waals surface area contributed by atoms with Gasteiger partial charge in [-0.15, -0.1) is 0 Å². The first-order valence-corrected chi connectivity index (χ1v) is 6.86. The molecule has 1 aromatic carbocycles. The Morgan fingerprint density at radius 3 is 2.89 bits per heavy atom. The number of nitrogens with one attached hydrogen (secondary N) is 1. The van der Waals surface area contributed by atoms with Crippen molar-refractivity contribution in [2.75, 3.05) is 19.6 Å². The summed E-state index contributed by atoms with van der Waals surface area (Å²) < 4.78 is 0.788. The van der Waals surface area contributed by atoms with Gasteiger partial charge < -0.3 is 10.4 Å². The van der Waals surface area contributed by atoms with Gasteiger partial charge in [-0.1, -0.05) is 22.0 Å². The lowest BCUT2D eigenvalue weighted by molar-refractivity contribution is -0.120. The zero-order chi connectivity index (χ0) is 13.8. The molecule has 1 saturated heterocycles. The summed E-state index contributed by atoms with van der Waals surface area (Å²) in [7, 11) is 0. The first kappa shape index (κ1) is 14.0. The number of hydrogen-bond acceptors (Lipinski definition) is 3. The molecule has 0 radical (unpaired) electrons. The van der Waals surface area contributed by atoms with Crippen molar-refractivity contribution in [3.8, 4) is 0 Å². The number of carbonyl (C=O) groups excluding carboxylic acids is 1. The second-order valence-corrected chi connectivity index (χ2v) is 5.34.